The quantitative estimate of drug-likeness (QED) is 0.637. The third kappa shape index (κ3) is 3.22. The van der Waals surface area contributed by atoms with E-state index in [0.29, 0.717) is 13.0 Å². The first-order valence-corrected chi connectivity index (χ1v) is 5.73. The fraction of sp³-hybridized carbons (Fsp3) is 0.833. The van der Waals surface area contributed by atoms with Gasteiger partial charge in [0, 0.05) is 24.9 Å². The van der Waals surface area contributed by atoms with E-state index in [0.717, 1.165) is 0 Å². The Hall–Kier alpha value is -1.06. The summed E-state index contributed by atoms with van der Waals surface area (Å²) in [5.41, 5.74) is -0.485. The lowest BCUT2D eigenvalue weighted by Gasteiger charge is -2.36. The summed E-state index contributed by atoms with van der Waals surface area (Å²) in [4.78, 5) is 25.0. The van der Waals surface area contributed by atoms with Crippen molar-refractivity contribution in [1.82, 2.24) is 4.90 Å². The number of likely N-dealkylation sites (tertiary alicyclic amines) is 1. The van der Waals surface area contributed by atoms with Crippen LogP contribution in [0.1, 0.15) is 41.0 Å². The fourth-order valence-electron chi connectivity index (χ4n) is 1.75. The van der Waals surface area contributed by atoms with Crippen LogP contribution in [-0.2, 0) is 9.53 Å². The summed E-state index contributed by atoms with van der Waals surface area (Å²) in [6.07, 6.45) is 0.111. The van der Waals surface area contributed by atoms with Crippen molar-refractivity contribution in [2.24, 2.45) is 5.92 Å². The van der Waals surface area contributed by atoms with Crippen molar-refractivity contribution >= 4 is 11.9 Å². The number of Topliss-reactive ketones (excluding diaryl/α,β-unsaturated/α-hetero) is 1. The Bertz CT molecular complexity index is 293. The van der Waals surface area contributed by atoms with Gasteiger partial charge >= 0.3 is 6.09 Å². The number of carbonyl (C=O) groups is 2. The van der Waals surface area contributed by atoms with E-state index in [1.165, 1.54) is 0 Å². The second-order valence-corrected chi connectivity index (χ2v) is 5.55. The maximum Gasteiger partial charge on any atom is 0.410 e. The summed E-state index contributed by atoms with van der Waals surface area (Å²) >= 11 is 0. The molecule has 1 fully saturated rings. The number of carbonyl (C=O) groups excluding carboxylic acids is 2. The van der Waals surface area contributed by atoms with Gasteiger partial charge in [0.2, 0.25) is 0 Å². The summed E-state index contributed by atoms with van der Waals surface area (Å²) < 4.78 is 5.31. The van der Waals surface area contributed by atoms with Crippen LogP contribution in [0.2, 0.25) is 0 Å². The van der Waals surface area contributed by atoms with E-state index in [4.69, 9.17) is 4.74 Å². The molecule has 4 heteroatoms. The van der Waals surface area contributed by atoms with E-state index in [2.05, 4.69) is 0 Å². The van der Waals surface area contributed by atoms with Crippen LogP contribution in [0.25, 0.3) is 0 Å². The van der Waals surface area contributed by atoms with Gasteiger partial charge in [0.1, 0.15) is 11.4 Å². The molecule has 16 heavy (non-hydrogen) atoms. The van der Waals surface area contributed by atoms with Gasteiger partial charge in [0.05, 0.1) is 0 Å². The summed E-state index contributed by atoms with van der Waals surface area (Å²) in [5, 5.41) is 0. The maximum atomic E-state index is 11.9. The monoisotopic (exact) mass is 227 g/mol. The van der Waals surface area contributed by atoms with Crippen LogP contribution in [0.5, 0.6) is 0 Å². The number of piperidine rings is 1. The van der Waals surface area contributed by atoms with E-state index in [1.54, 1.807) is 4.90 Å². The van der Waals surface area contributed by atoms with Crippen LogP contribution in [0.3, 0.4) is 0 Å². The minimum Gasteiger partial charge on any atom is -0.444 e. The predicted octanol–water partition coefficient (Wildman–Crippen LogP) is 2.22. The predicted molar refractivity (Wildman–Crippen MR) is 61.2 cm³/mol. The third-order valence-corrected chi connectivity index (χ3v) is 2.68. The first-order chi connectivity index (χ1) is 7.20. The van der Waals surface area contributed by atoms with Crippen molar-refractivity contribution in [3.63, 3.8) is 0 Å². The summed E-state index contributed by atoms with van der Waals surface area (Å²) in [6, 6.07) is -0.0569. The van der Waals surface area contributed by atoms with Crippen molar-refractivity contribution in [3.05, 3.63) is 0 Å². The minimum absolute atomic E-state index is 0.0569. The zero-order valence-electron chi connectivity index (χ0n) is 10.7. The number of ether oxygens (including phenoxy) is 1. The van der Waals surface area contributed by atoms with Crippen LogP contribution in [-0.4, -0.2) is 35.0 Å². The van der Waals surface area contributed by atoms with Gasteiger partial charge in [-0.1, -0.05) is 6.92 Å². The van der Waals surface area contributed by atoms with Gasteiger partial charge in [-0.2, -0.15) is 0 Å². The molecule has 1 saturated heterocycles. The van der Waals surface area contributed by atoms with Gasteiger partial charge in [-0.05, 0) is 27.7 Å². The minimum atomic E-state index is -0.485. The van der Waals surface area contributed by atoms with Crippen LogP contribution >= 0.6 is 0 Å². The second-order valence-electron chi connectivity index (χ2n) is 5.55. The molecule has 0 aromatic heterocycles. The van der Waals surface area contributed by atoms with Crippen molar-refractivity contribution in [1.29, 1.82) is 0 Å². The molecule has 2 atom stereocenters. The number of hydrogen-bond donors (Lipinski definition) is 0. The van der Waals surface area contributed by atoms with Crippen molar-refractivity contribution in [3.8, 4) is 0 Å². The van der Waals surface area contributed by atoms with Gasteiger partial charge in [-0.3, -0.25) is 4.79 Å². The Balaban J connectivity index is 2.66. The standard InChI is InChI=1S/C12H21NO3/c1-8-7-13(9(2)6-10(8)14)11(15)16-12(3,4)5/h8-9H,6-7H2,1-5H3/t8-,9+/m1/s1. The van der Waals surface area contributed by atoms with E-state index in [9.17, 15) is 9.59 Å². The molecule has 4 nitrogen and oxygen atoms in total. The van der Waals surface area contributed by atoms with E-state index in [1.807, 2.05) is 34.6 Å². The smallest absolute Gasteiger partial charge is 0.410 e. The summed E-state index contributed by atoms with van der Waals surface area (Å²) in [5.74, 6) is 0.149. The molecule has 1 rings (SSSR count). The zero-order chi connectivity index (χ0) is 12.5. The number of ketones is 1. The molecule has 92 valence electrons. The molecule has 1 aliphatic heterocycles. The van der Waals surface area contributed by atoms with Gasteiger partial charge < -0.3 is 9.64 Å². The van der Waals surface area contributed by atoms with Gasteiger partial charge in [-0.25, -0.2) is 4.79 Å². The number of amides is 1. The topological polar surface area (TPSA) is 46.6 Å². The lowest BCUT2D eigenvalue weighted by Crippen LogP contribution is -2.50. The largest absolute Gasteiger partial charge is 0.444 e. The Morgan fingerprint density at radius 3 is 2.44 bits per heavy atom. The lowest BCUT2D eigenvalue weighted by atomic mass is 9.94. The molecule has 0 aromatic rings. The van der Waals surface area contributed by atoms with Crippen molar-refractivity contribution < 1.29 is 14.3 Å². The van der Waals surface area contributed by atoms with Crippen LogP contribution in [0, 0.1) is 5.92 Å². The summed E-state index contributed by atoms with van der Waals surface area (Å²) in [6.45, 7) is 9.73. The maximum absolute atomic E-state index is 11.9. The van der Waals surface area contributed by atoms with Gasteiger partial charge in [0.25, 0.3) is 0 Å². The zero-order valence-corrected chi connectivity index (χ0v) is 10.7. The van der Waals surface area contributed by atoms with E-state index >= 15 is 0 Å². The molecule has 0 aliphatic carbocycles. The summed E-state index contributed by atoms with van der Waals surface area (Å²) in [7, 11) is 0. The molecule has 0 spiro atoms. The Kier molecular flexibility index (Phi) is 3.61. The first-order valence-electron chi connectivity index (χ1n) is 5.73. The third-order valence-electron chi connectivity index (χ3n) is 2.68. The van der Waals surface area contributed by atoms with Crippen LogP contribution in [0.4, 0.5) is 4.79 Å². The SMILES string of the molecule is C[C@@H]1CN(C(=O)OC(C)(C)C)[C@@H](C)CC1=O. The molecule has 0 saturated carbocycles. The molecular weight excluding hydrogens is 206 g/mol. The number of nitrogens with zero attached hydrogens (tertiary/aromatic N) is 1. The van der Waals surface area contributed by atoms with Gasteiger partial charge in [-0.15, -0.1) is 0 Å². The molecular formula is C12H21NO3. The van der Waals surface area contributed by atoms with Crippen molar-refractivity contribution in [2.75, 3.05) is 6.54 Å². The molecule has 0 N–H and O–H groups in total. The molecule has 1 heterocycles. The molecule has 1 amide bonds. The Morgan fingerprint density at radius 1 is 1.38 bits per heavy atom. The molecule has 1 aliphatic rings. The number of hydrogen-bond acceptors (Lipinski definition) is 3. The average molecular weight is 227 g/mol. The first kappa shape index (κ1) is 13.0. The Morgan fingerprint density at radius 2 is 1.94 bits per heavy atom. The molecule has 0 unspecified atom stereocenters. The molecule has 0 bridgehead atoms. The van der Waals surface area contributed by atoms with Crippen LogP contribution < -0.4 is 0 Å². The highest BCUT2D eigenvalue weighted by atomic mass is 16.6. The molecule has 0 aromatic carbocycles. The Labute approximate surface area is 96.9 Å². The normalized spacial score (nSPS) is 26.8. The second kappa shape index (κ2) is 4.44. The fourth-order valence-corrected chi connectivity index (χ4v) is 1.75. The van der Waals surface area contributed by atoms with Crippen molar-refractivity contribution in [2.45, 2.75) is 52.7 Å². The highest BCUT2D eigenvalue weighted by molar-refractivity contribution is 5.84. The lowest BCUT2D eigenvalue weighted by molar-refractivity contribution is -0.126. The number of rotatable bonds is 0. The highest BCUT2D eigenvalue weighted by Crippen LogP contribution is 2.21. The van der Waals surface area contributed by atoms with Crippen LogP contribution in [0.15, 0.2) is 0 Å². The van der Waals surface area contributed by atoms with E-state index in [-0.39, 0.29) is 23.8 Å². The van der Waals surface area contributed by atoms with Gasteiger partial charge in [0.15, 0.2) is 0 Å². The average Bonchev–Trinajstić information content (AvgIpc) is 2.08. The highest BCUT2D eigenvalue weighted by Gasteiger charge is 2.34. The van der Waals surface area contributed by atoms with E-state index < -0.39 is 5.60 Å². The molecule has 0 radical (unpaired) electrons.